The highest BCUT2D eigenvalue weighted by atomic mass is 35.5. The van der Waals surface area contributed by atoms with Crippen LogP contribution in [0.25, 0.3) is 0 Å². The number of carbonyl (C=O) groups excluding carboxylic acids is 1. The highest BCUT2D eigenvalue weighted by Gasteiger charge is 2.28. The third-order valence-electron chi connectivity index (χ3n) is 3.27. The lowest BCUT2D eigenvalue weighted by Crippen LogP contribution is -2.40. The van der Waals surface area contributed by atoms with Crippen LogP contribution < -0.4 is 14.8 Å². The van der Waals surface area contributed by atoms with Gasteiger partial charge in [0.05, 0.1) is 23.8 Å². The molecule has 1 aromatic rings. The molecule has 5 nitrogen and oxygen atoms in total. The maximum absolute atomic E-state index is 9.60. The van der Waals surface area contributed by atoms with Gasteiger partial charge in [-0.05, 0) is 27.7 Å². The van der Waals surface area contributed by atoms with Gasteiger partial charge in [-0.1, -0.05) is 23.2 Å². The van der Waals surface area contributed by atoms with E-state index in [2.05, 4.69) is 10.1 Å². The SMILES string of the molecule is CC(C)(C)OC=O.CCOc1cc(Cl)c(Cl)c(C2CNC2)c1OC. The monoisotopic (exact) mass is 377 g/mol. The van der Waals surface area contributed by atoms with Gasteiger partial charge in [-0.25, -0.2) is 0 Å². The fourth-order valence-corrected chi connectivity index (χ4v) is 2.58. The molecular formula is C17H25Cl2NO4. The number of ether oxygens (including phenoxy) is 3. The average Bonchev–Trinajstić information content (AvgIpc) is 2.42. The number of halogens is 2. The van der Waals surface area contributed by atoms with Crippen LogP contribution in [-0.2, 0) is 9.53 Å². The van der Waals surface area contributed by atoms with Gasteiger partial charge >= 0.3 is 0 Å². The molecule has 2 rings (SSSR count). The number of benzene rings is 1. The molecule has 1 aromatic carbocycles. The van der Waals surface area contributed by atoms with Crippen LogP contribution in [0.1, 0.15) is 39.2 Å². The van der Waals surface area contributed by atoms with Crippen molar-refractivity contribution in [3.05, 3.63) is 21.7 Å². The lowest BCUT2D eigenvalue weighted by Gasteiger charge is -2.30. The molecule has 0 spiro atoms. The van der Waals surface area contributed by atoms with Gasteiger partial charge in [-0.15, -0.1) is 0 Å². The first-order chi connectivity index (χ1) is 11.2. The van der Waals surface area contributed by atoms with E-state index in [-0.39, 0.29) is 5.60 Å². The van der Waals surface area contributed by atoms with Crippen LogP contribution in [0.4, 0.5) is 0 Å². The van der Waals surface area contributed by atoms with Gasteiger partial charge in [-0.3, -0.25) is 4.79 Å². The molecule has 0 radical (unpaired) electrons. The molecule has 0 unspecified atom stereocenters. The minimum Gasteiger partial charge on any atom is -0.493 e. The number of methoxy groups -OCH3 is 1. The Morgan fingerprint density at radius 3 is 2.29 bits per heavy atom. The Labute approximate surface area is 153 Å². The average molecular weight is 378 g/mol. The Hall–Kier alpha value is -1.17. The first-order valence-electron chi connectivity index (χ1n) is 7.76. The van der Waals surface area contributed by atoms with Crippen LogP contribution in [0.3, 0.4) is 0 Å². The first-order valence-corrected chi connectivity index (χ1v) is 8.51. The summed E-state index contributed by atoms with van der Waals surface area (Å²) < 4.78 is 15.5. The Bertz CT molecular complexity index is 555. The van der Waals surface area contributed by atoms with E-state index in [1.807, 2.05) is 27.7 Å². The van der Waals surface area contributed by atoms with Crippen molar-refractivity contribution in [2.75, 3.05) is 26.8 Å². The summed E-state index contributed by atoms with van der Waals surface area (Å²) in [7, 11) is 1.62. The molecule has 24 heavy (non-hydrogen) atoms. The second-order valence-electron chi connectivity index (χ2n) is 6.23. The third-order valence-corrected chi connectivity index (χ3v) is 4.07. The van der Waals surface area contributed by atoms with E-state index in [0.29, 0.717) is 40.5 Å². The molecule has 0 aliphatic carbocycles. The van der Waals surface area contributed by atoms with Gasteiger partial charge in [0.1, 0.15) is 5.60 Å². The van der Waals surface area contributed by atoms with Crippen LogP contribution in [-0.4, -0.2) is 38.9 Å². The molecule has 1 saturated heterocycles. The fourth-order valence-electron chi connectivity index (χ4n) is 2.08. The Kier molecular flexibility index (Phi) is 8.13. The van der Waals surface area contributed by atoms with E-state index in [1.54, 1.807) is 13.2 Å². The lowest BCUT2D eigenvalue weighted by molar-refractivity contribution is -0.138. The molecular weight excluding hydrogens is 353 g/mol. The standard InChI is InChI=1S/C12H15Cl2NO2.C5H10O2/c1-3-17-9-4-8(13)11(14)10(12(9)16-2)7-5-15-6-7;1-5(2,3)7-4-6/h4,7,15H,3,5-6H2,1-2H3;4H,1-3H3. The normalized spacial score (nSPS) is 14.1. The summed E-state index contributed by atoms with van der Waals surface area (Å²) in [6.45, 7) is 10.2. The molecule has 136 valence electrons. The van der Waals surface area contributed by atoms with E-state index in [4.69, 9.17) is 32.7 Å². The maximum atomic E-state index is 9.60. The van der Waals surface area contributed by atoms with Crippen molar-refractivity contribution < 1.29 is 19.0 Å². The first kappa shape index (κ1) is 20.9. The van der Waals surface area contributed by atoms with Crippen molar-refractivity contribution in [1.29, 1.82) is 0 Å². The molecule has 0 atom stereocenters. The quantitative estimate of drug-likeness (QED) is 0.784. The van der Waals surface area contributed by atoms with Crippen molar-refractivity contribution in [2.45, 2.75) is 39.2 Å². The minimum absolute atomic E-state index is 0.318. The molecule has 1 heterocycles. The molecule has 7 heteroatoms. The van der Waals surface area contributed by atoms with E-state index in [0.717, 1.165) is 18.7 Å². The van der Waals surface area contributed by atoms with Gasteiger partial charge < -0.3 is 19.5 Å². The highest BCUT2D eigenvalue weighted by Crippen LogP contribution is 2.45. The Balaban J connectivity index is 0.000000351. The van der Waals surface area contributed by atoms with Crippen molar-refractivity contribution in [3.63, 3.8) is 0 Å². The van der Waals surface area contributed by atoms with Crippen LogP contribution >= 0.6 is 23.2 Å². The largest absolute Gasteiger partial charge is 0.493 e. The second kappa shape index (κ2) is 9.35. The summed E-state index contributed by atoms with van der Waals surface area (Å²) in [6, 6.07) is 1.71. The zero-order chi connectivity index (χ0) is 18.3. The Morgan fingerprint density at radius 1 is 1.33 bits per heavy atom. The molecule has 1 N–H and O–H groups in total. The van der Waals surface area contributed by atoms with Crippen molar-refractivity contribution in [1.82, 2.24) is 5.32 Å². The number of hydrogen-bond donors (Lipinski definition) is 1. The van der Waals surface area contributed by atoms with Gasteiger partial charge in [-0.2, -0.15) is 0 Å². The molecule has 1 aliphatic rings. The number of nitrogens with one attached hydrogen (secondary N) is 1. The summed E-state index contributed by atoms with van der Waals surface area (Å²) >= 11 is 12.4. The van der Waals surface area contributed by atoms with E-state index in [9.17, 15) is 4.79 Å². The van der Waals surface area contributed by atoms with Crippen molar-refractivity contribution >= 4 is 29.7 Å². The van der Waals surface area contributed by atoms with Crippen molar-refractivity contribution in [3.8, 4) is 11.5 Å². The van der Waals surface area contributed by atoms with E-state index < -0.39 is 0 Å². The number of rotatable bonds is 5. The summed E-state index contributed by atoms with van der Waals surface area (Å²) in [6.07, 6.45) is 0. The summed E-state index contributed by atoms with van der Waals surface area (Å²) in [5, 5.41) is 4.29. The van der Waals surface area contributed by atoms with Crippen molar-refractivity contribution in [2.24, 2.45) is 0 Å². The van der Waals surface area contributed by atoms with Crippen LogP contribution in [0.5, 0.6) is 11.5 Å². The van der Waals surface area contributed by atoms with E-state index in [1.165, 1.54) is 0 Å². The third kappa shape index (κ3) is 5.72. The van der Waals surface area contributed by atoms with E-state index >= 15 is 0 Å². The van der Waals surface area contributed by atoms with Gasteiger partial charge in [0.15, 0.2) is 11.5 Å². The topological polar surface area (TPSA) is 56.8 Å². The Morgan fingerprint density at radius 2 is 1.96 bits per heavy atom. The molecule has 1 fully saturated rings. The fraction of sp³-hybridized carbons (Fsp3) is 0.588. The molecule has 0 aromatic heterocycles. The molecule has 1 aliphatic heterocycles. The molecule has 0 bridgehead atoms. The van der Waals surface area contributed by atoms with Gasteiger partial charge in [0.2, 0.25) is 0 Å². The van der Waals surface area contributed by atoms with Crippen LogP contribution in [0.2, 0.25) is 10.0 Å². The van der Waals surface area contributed by atoms with Gasteiger partial charge in [0, 0.05) is 30.6 Å². The highest BCUT2D eigenvalue weighted by molar-refractivity contribution is 6.42. The summed E-state index contributed by atoms with van der Waals surface area (Å²) in [5.41, 5.74) is 0.630. The number of carbonyl (C=O) groups is 1. The zero-order valence-corrected chi connectivity index (χ0v) is 16.3. The summed E-state index contributed by atoms with van der Waals surface area (Å²) in [4.78, 5) is 9.60. The lowest BCUT2D eigenvalue weighted by atomic mass is 9.92. The minimum atomic E-state index is -0.318. The number of hydrogen-bond acceptors (Lipinski definition) is 5. The molecule has 0 saturated carbocycles. The predicted octanol–water partition coefficient (Wildman–Crippen LogP) is 4.05. The van der Waals surface area contributed by atoms with Crippen LogP contribution in [0.15, 0.2) is 6.07 Å². The van der Waals surface area contributed by atoms with Crippen LogP contribution in [0, 0.1) is 0 Å². The maximum Gasteiger partial charge on any atom is 0.293 e. The molecule has 0 amide bonds. The second-order valence-corrected chi connectivity index (χ2v) is 7.02. The van der Waals surface area contributed by atoms with Gasteiger partial charge in [0.25, 0.3) is 6.47 Å². The summed E-state index contributed by atoms with van der Waals surface area (Å²) in [5.74, 6) is 1.70. The smallest absolute Gasteiger partial charge is 0.293 e. The zero-order valence-electron chi connectivity index (χ0n) is 14.7. The predicted molar refractivity (Wildman–Crippen MR) is 96.7 cm³/mol.